The molecule has 1 unspecified atom stereocenters. The molecule has 4 heteroatoms. The molecule has 136 valence electrons. The second-order valence-corrected chi connectivity index (χ2v) is 7.72. The lowest BCUT2D eigenvalue weighted by atomic mass is 9.77. The Morgan fingerprint density at radius 2 is 2.12 bits per heavy atom. The molecule has 0 bridgehead atoms. The van der Waals surface area contributed by atoms with Crippen LogP contribution >= 0.6 is 0 Å². The van der Waals surface area contributed by atoms with Gasteiger partial charge in [0.25, 0.3) is 0 Å². The Hall–Kier alpha value is -2.20. The molecular weight excluding hydrogens is 326 g/mol. The van der Waals surface area contributed by atoms with E-state index < -0.39 is 0 Å². The first-order valence-corrected chi connectivity index (χ1v) is 9.49. The van der Waals surface area contributed by atoms with Crippen molar-refractivity contribution in [1.82, 2.24) is 0 Å². The van der Waals surface area contributed by atoms with Crippen LogP contribution in [0.1, 0.15) is 29.5 Å². The molecule has 2 atom stereocenters. The number of hydrogen-bond donors (Lipinski definition) is 0. The number of benzene rings is 2. The summed E-state index contributed by atoms with van der Waals surface area (Å²) in [7, 11) is 1.72. The molecule has 3 aliphatic rings. The van der Waals surface area contributed by atoms with Crippen molar-refractivity contribution in [3.05, 3.63) is 53.1 Å². The zero-order valence-corrected chi connectivity index (χ0v) is 15.5. The first kappa shape index (κ1) is 16.0. The van der Waals surface area contributed by atoms with Crippen molar-refractivity contribution in [2.75, 3.05) is 38.3 Å². The standard InChI is InChI=1S/C22H25NO3/c1-15-10-18-21(11-20(15)24-2)26-14-22(18)13-23(12-16-6-5-9-25-16)19-8-4-3-7-17(19)22/h3-4,7-8,10-11,16H,5-6,9,12-14H2,1-2H3/t16-,22?/m1/s1. The maximum absolute atomic E-state index is 6.17. The molecule has 26 heavy (non-hydrogen) atoms. The SMILES string of the molecule is COc1cc2c(cc1C)C1(CO2)CN(C[C@H]2CCCO2)c2ccccc21. The van der Waals surface area contributed by atoms with Gasteiger partial charge < -0.3 is 19.1 Å². The Balaban J connectivity index is 1.58. The first-order valence-electron chi connectivity index (χ1n) is 9.49. The van der Waals surface area contributed by atoms with Crippen LogP contribution in [0.3, 0.4) is 0 Å². The normalized spacial score (nSPS) is 26.1. The predicted octanol–water partition coefficient (Wildman–Crippen LogP) is 3.68. The van der Waals surface area contributed by atoms with Crippen molar-refractivity contribution < 1.29 is 14.2 Å². The summed E-state index contributed by atoms with van der Waals surface area (Å²) < 4.78 is 17.6. The summed E-state index contributed by atoms with van der Waals surface area (Å²) in [4.78, 5) is 2.50. The number of hydrogen-bond acceptors (Lipinski definition) is 4. The number of rotatable bonds is 3. The summed E-state index contributed by atoms with van der Waals surface area (Å²) in [5.41, 5.74) is 5.06. The lowest BCUT2D eigenvalue weighted by Gasteiger charge is -2.27. The average molecular weight is 351 g/mol. The molecule has 1 fully saturated rings. The third-order valence-corrected chi connectivity index (χ3v) is 6.16. The van der Waals surface area contributed by atoms with Crippen molar-refractivity contribution in [2.24, 2.45) is 0 Å². The fourth-order valence-corrected chi connectivity index (χ4v) is 4.86. The summed E-state index contributed by atoms with van der Waals surface area (Å²) in [5, 5.41) is 0. The van der Waals surface area contributed by atoms with Gasteiger partial charge in [-0.15, -0.1) is 0 Å². The zero-order chi connectivity index (χ0) is 17.7. The van der Waals surface area contributed by atoms with Gasteiger partial charge in [-0.25, -0.2) is 0 Å². The van der Waals surface area contributed by atoms with Crippen LogP contribution in [0.2, 0.25) is 0 Å². The van der Waals surface area contributed by atoms with E-state index in [0.29, 0.717) is 12.7 Å². The van der Waals surface area contributed by atoms with Gasteiger partial charge in [0, 0.05) is 37.0 Å². The maximum atomic E-state index is 6.17. The van der Waals surface area contributed by atoms with E-state index in [2.05, 4.69) is 42.2 Å². The second-order valence-electron chi connectivity index (χ2n) is 7.72. The summed E-state index contributed by atoms with van der Waals surface area (Å²) in [6, 6.07) is 13.1. The number of nitrogens with zero attached hydrogens (tertiary/aromatic N) is 1. The molecule has 0 aromatic heterocycles. The predicted molar refractivity (Wildman–Crippen MR) is 102 cm³/mol. The topological polar surface area (TPSA) is 30.9 Å². The minimum absolute atomic E-state index is 0.0957. The van der Waals surface area contributed by atoms with Crippen molar-refractivity contribution in [1.29, 1.82) is 0 Å². The zero-order valence-electron chi connectivity index (χ0n) is 15.5. The molecule has 0 saturated carbocycles. The highest BCUT2D eigenvalue weighted by atomic mass is 16.5. The van der Waals surface area contributed by atoms with E-state index in [4.69, 9.17) is 14.2 Å². The van der Waals surface area contributed by atoms with Gasteiger partial charge in [0.05, 0.1) is 18.6 Å². The molecular formula is C22H25NO3. The Morgan fingerprint density at radius 3 is 2.92 bits per heavy atom. The highest BCUT2D eigenvalue weighted by Gasteiger charge is 2.50. The fourth-order valence-electron chi connectivity index (χ4n) is 4.86. The quantitative estimate of drug-likeness (QED) is 0.844. The molecule has 3 aliphatic heterocycles. The molecule has 5 rings (SSSR count). The molecule has 0 N–H and O–H groups in total. The van der Waals surface area contributed by atoms with Crippen LogP contribution in [0.15, 0.2) is 36.4 Å². The molecule has 1 saturated heterocycles. The van der Waals surface area contributed by atoms with Crippen molar-refractivity contribution in [2.45, 2.75) is 31.3 Å². The van der Waals surface area contributed by atoms with Crippen molar-refractivity contribution in [3.8, 4) is 11.5 Å². The van der Waals surface area contributed by atoms with E-state index in [-0.39, 0.29) is 5.41 Å². The number of para-hydroxylation sites is 1. The largest absolute Gasteiger partial charge is 0.496 e. The highest BCUT2D eigenvalue weighted by Crippen LogP contribution is 2.52. The van der Waals surface area contributed by atoms with Crippen LogP contribution < -0.4 is 14.4 Å². The van der Waals surface area contributed by atoms with Gasteiger partial charge in [-0.3, -0.25) is 0 Å². The third kappa shape index (κ3) is 2.25. The Morgan fingerprint density at radius 1 is 1.23 bits per heavy atom. The molecule has 0 radical (unpaired) electrons. The number of anilines is 1. The van der Waals surface area contributed by atoms with Crippen LogP contribution in [0.5, 0.6) is 11.5 Å². The van der Waals surface area contributed by atoms with E-state index in [1.807, 2.05) is 6.07 Å². The molecule has 2 aromatic carbocycles. The lowest BCUT2D eigenvalue weighted by molar-refractivity contribution is 0.115. The molecule has 4 nitrogen and oxygen atoms in total. The van der Waals surface area contributed by atoms with Crippen molar-refractivity contribution in [3.63, 3.8) is 0 Å². The number of methoxy groups -OCH3 is 1. The molecule has 1 spiro atoms. The monoisotopic (exact) mass is 351 g/mol. The summed E-state index contributed by atoms with van der Waals surface area (Å²) in [5.74, 6) is 1.85. The molecule has 0 amide bonds. The van der Waals surface area contributed by atoms with Crippen LogP contribution in [0.25, 0.3) is 0 Å². The third-order valence-electron chi connectivity index (χ3n) is 6.16. The van der Waals surface area contributed by atoms with Gasteiger partial charge in [0.1, 0.15) is 18.1 Å². The van der Waals surface area contributed by atoms with E-state index in [1.54, 1.807) is 7.11 Å². The van der Waals surface area contributed by atoms with E-state index >= 15 is 0 Å². The molecule has 3 heterocycles. The van der Waals surface area contributed by atoms with Crippen LogP contribution in [-0.2, 0) is 10.2 Å². The van der Waals surface area contributed by atoms with Crippen LogP contribution in [-0.4, -0.2) is 39.5 Å². The van der Waals surface area contributed by atoms with Gasteiger partial charge in [-0.05, 0) is 43.0 Å². The minimum Gasteiger partial charge on any atom is -0.496 e. The maximum Gasteiger partial charge on any atom is 0.127 e. The summed E-state index contributed by atoms with van der Waals surface area (Å²) >= 11 is 0. The Bertz CT molecular complexity index is 843. The minimum atomic E-state index is -0.0957. The van der Waals surface area contributed by atoms with E-state index in [9.17, 15) is 0 Å². The summed E-state index contributed by atoms with van der Waals surface area (Å²) in [6.07, 6.45) is 2.68. The fraction of sp³-hybridized carbons (Fsp3) is 0.455. The Labute approximate surface area is 154 Å². The number of ether oxygens (including phenoxy) is 3. The lowest BCUT2D eigenvalue weighted by Crippen LogP contribution is -2.39. The van der Waals surface area contributed by atoms with E-state index in [0.717, 1.165) is 43.2 Å². The van der Waals surface area contributed by atoms with Crippen molar-refractivity contribution >= 4 is 5.69 Å². The van der Waals surface area contributed by atoms with Gasteiger partial charge in [0.15, 0.2) is 0 Å². The highest BCUT2D eigenvalue weighted by molar-refractivity contribution is 5.70. The van der Waals surface area contributed by atoms with Crippen LogP contribution in [0, 0.1) is 6.92 Å². The second kappa shape index (κ2) is 5.92. The summed E-state index contributed by atoms with van der Waals surface area (Å²) in [6.45, 7) is 5.61. The average Bonchev–Trinajstić information content (AvgIpc) is 3.36. The number of fused-ring (bicyclic) bond motifs is 4. The molecule has 2 aromatic rings. The van der Waals surface area contributed by atoms with Crippen LogP contribution in [0.4, 0.5) is 5.69 Å². The first-order chi connectivity index (χ1) is 12.7. The molecule has 0 aliphatic carbocycles. The van der Waals surface area contributed by atoms with Gasteiger partial charge in [0.2, 0.25) is 0 Å². The van der Waals surface area contributed by atoms with Gasteiger partial charge in [-0.2, -0.15) is 0 Å². The van der Waals surface area contributed by atoms with Gasteiger partial charge >= 0.3 is 0 Å². The Kier molecular flexibility index (Phi) is 3.64. The van der Waals surface area contributed by atoms with E-state index in [1.165, 1.54) is 23.2 Å². The van der Waals surface area contributed by atoms with Gasteiger partial charge in [-0.1, -0.05) is 18.2 Å². The smallest absolute Gasteiger partial charge is 0.127 e. The number of aryl methyl sites for hydroxylation is 1.